The second kappa shape index (κ2) is 13.9. The highest BCUT2D eigenvalue weighted by molar-refractivity contribution is 5.15. The minimum atomic E-state index is -8.66. The van der Waals surface area contributed by atoms with Gasteiger partial charge in [-0.25, -0.2) is 0 Å². The number of hydrogen-bond donors (Lipinski definition) is 4. The molecular formula is C21H26F17NO6. The number of ether oxygens (including phenoxy) is 3. The maximum absolute atomic E-state index is 13.9. The number of halogens is 17. The fourth-order valence-corrected chi connectivity index (χ4v) is 3.61. The smallest absolute Gasteiger partial charge is 0.394 e. The lowest BCUT2D eigenvalue weighted by Crippen LogP contribution is -2.74. The third-order valence-electron chi connectivity index (χ3n) is 6.46. The molecule has 0 saturated carbocycles. The molecule has 5 atom stereocenters. The first-order valence-electron chi connectivity index (χ1n) is 12.3. The SMILES string of the molecule is N[C@H]1[C@H](OCCCCOCCCC(F)(F)C(F)(F)C(F)(F)C(F)(F)C(F)(F)C(F)(F)C(F)(F)C(F)(F)F)O[C@H](CO)[C@@H](O)[C@@H]1O. The van der Waals surface area contributed by atoms with E-state index >= 15 is 0 Å². The molecule has 0 bridgehead atoms. The Morgan fingerprint density at radius 1 is 0.578 bits per heavy atom. The molecule has 45 heavy (non-hydrogen) atoms. The minimum absolute atomic E-state index is 0.0146. The lowest BCUT2D eigenvalue weighted by Gasteiger charge is -2.42. The van der Waals surface area contributed by atoms with Crippen molar-refractivity contribution in [3.63, 3.8) is 0 Å². The van der Waals surface area contributed by atoms with Gasteiger partial charge in [0.05, 0.1) is 12.6 Å². The molecule has 1 rings (SSSR count). The maximum atomic E-state index is 13.9. The van der Waals surface area contributed by atoms with E-state index in [1.54, 1.807) is 0 Å². The molecule has 1 aliphatic rings. The van der Waals surface area contributed by atoms with Crippen LogP contribution >= 0.6 is 0 Å². The van der Waals surface area contributed by atoms with Crippen molar-refractivity contribution < 1.29 is 104 Å². The Kier molecular flexibility index (Phi) is 12.9. The van der Waals surface area contributed by atoms with Crippen LogP contribution in [0.5, 0.6) is 0 Å². The second-order valence-electron chi connectivity index (χ2n) is 9.73. The molecular weight excluding hydrogens is 685 g/mol. The van der Waals surface area contributed by atoms with Gasteiger partial charge in [0.2, 0.25) is 0 Å². The average molecular weight is 711 g/mol. The van der Waals surface area contributed by atoms with Crippen LogP contribution in [0.25, 0.3) is 0 Å². The van der Waals surface area contributed by atoms with Crippen molar-refractivity contribution in [2.45, 2.75) is 104 Å². The first-order valence-corrected chi connectivity index (χ1v) is 12.3. The lowest BCUT2D eigenvalue weighted by atomic mass is 9.88. The van der Waals surface area contributed by atoms with Gasteiger partial charge in [-0.05, 0) is 19.3 Å². The fraction of sp³-hybridized carbons (Fsp3) is 1.00. The molecule has 1 fully saturated rings. The summed E-state index contributed by atoms with van der Waals surface area (Å²) in [6, 6.07) is -1.25. The van der Waals surface area contributed by atoms with Crippen LogP contribution in [-0.4, -0.2) is 120 Å². The Hall–Kier alpha value is -1.47. The summed E-state index contributed by atoms with van der Waals surface area (Å²) < 4.78 is 240. The first kappa shape index (κ1) is 41.6. The molecule has 24 heteroatoms. The van der Waals surface area contributed by atoms with E-state index in [1.165, 1.54) is 0 Å². The summed E-state index contributed by atoms with van der Waals surface area (Å²) >= 11 is 0. The van der Waals surface area contributed by atoms with E-state index in [-0.39, 0.29) is 19.4 Å². The van der Waals surface area contributed by atoms with Crippen molar-refractivity contribution in [1.82, 2.24) is 0 Å². The van der Waals surface area contributed by atoms with Gasteiger partial charge in [-0.3, -0.25) is 0 Å². The van der Waals surface area contributed by atoms with Crippen molar-refractivity contribution in [3.8, 4) is 0 Å². The van der Waals surface area contributed by atoms with E-state index in [9.17, 15) is 84.9 Å². The van der Waals surface area contributed by atoms with E-state index in [0.717, 1.165) is 0 Å². The number of rotatable bonds is 17. The summed E-state index contributed by atoms with van der Waals surface area (Å²) in [7, 11) is 0. The maximum Gasteiger partial charge on any atom is 0.460 e. The van der Waals surface area contributed by atoms with Gasteiger partial charge in [0, 0.05) is 26.2 Å². The molecule has 7 nitrogen and oxygen atoms in total. The summed E-state index contributed by atoms with van der Waals surface area (Å²) in [5.74, 6) is -56.5. The van der Waals surface area contributed by atoms with Gasteiger partial charge in [-0.15, -0.1) is 0 Å². The van der Waals surface area contributed by atoms with Gasteiger partial charge >= 0.3 is 47.6 Å². The number of alkyl halides is 17. The van der Waals surface area contributed by atoms with Crippen LogP contribution in [0.1, 0.15) is 25.7 Å². The standard InChI is InChI=1S/C21H26F17NO6/c22-14(23,4-3-6-43-5-1-2-7-44-13-10(39)12(42)11(41)9(8-40)45-13)15(24,25)16(26,27)17(28,29)18(30,31)19(32,33)20(34,35)21(36,37)38/h9-13,40-42H,1-8,39H2/t9-,10-,11-,12-,13-/m1/s1. The van der Waals surface area contributed by atoms with E-state index in [0.29, 0.717) is 0 Å². The van der Waals surface area contributed by atoms with Gasteiger partial charge in [0.1, 0.15) is 18.3 Å². The Balaban J connectivity index is 2.73. The van der Waals surface area contributed by atoms with Crippen LogP contribution in [0.4, 0.5) is 74.6 Å². The molecule has 0 amide bonds. The second-order valence-corrected chi connectivity index (χ2v) is 9.73. The molecule has 1 heterocycles. The number of unbranched alkanes of at least 4 members (excludes halogenated alkanes) is 1. The lowest BCUT2D eigenvalue weighted by molar-refractivity contribution is -0.461. The van der Waals surface area contributed by atoms with E-state index in [4.69, 9.17) is 25.1 Å². The molecule has 1 saturated heterocycles. The van der Waals surface area contributed by atoms with Gasteiger partial charge in [-0.1, -0.05) is 0 Å². The molecule has 1 aliphatic heterocycles. The van der Waals surface area contributed by atoms with E-state index < -0.39 is 111 Å². The highest BCUT2D eigenvalue weighted by atomic mass is 19.4. The van der Waals surface area contributed by atoms with Crippen LogP contribution in [0, 0.1) is 0 Å². The van der Waals surface area contributed by atoms with Crippen LogP contribution in [0.15, 0.2) is 0 Å². The van der Waals surface area contributed by atoms with Crippen LogP contribution in [-0.2, 0) is 14.2 Å². The van der Waals surface area contributed by atoms with Crippen LogP contribution in [0.2, 0.25) is 0 Å². The molecule has 0 spiro atoms. The summed E-state index contributed by atoms with van der Waals surface area (Å²) in [4.78, 5) is 0. The van der Waals surface area contributed by atoms with Crippen molar-refractivity contribution in [3.05, 3.63) is 0 Å². The number of nitrogens with two attached hydrogens (primary N) is 1. The van der Waals surface area contributed by atoms with Crippen molar-refractivity contribution in [2.24, 2.45) is 5.73 Å². The highest BCUT2D eigenvalue weighted by Crippen LogP contribution is 2.64. The zero-order chi connectivity index (χ0) is 35.7. The minimum Gasteiger partial charge on any atom is -0.394 e. The van der Waals surface area contributed by atoms with E-state index in [1.807, 2.05) is 0 Å². The molecule has 0 aliphatic carbocycles. The summed E-state index contributed by atoms with van der Waals surface area (Å²) in [5, 5.41) is 28.5. The Labute approximate surface area is 241 Å². The fourth-order valence-electron chi connectivity index (χ4n) is 3.61. The number of aliphatic hydroxyl groups is 3. The number of aliphatic hydroxyl groups excluding tert-OH is 3. The molecule has 5 N–H and O–H groups in total. The monoisotopic (exact) mass is 711 g/mol. The summed E-state index contributed by atoms with van der Waals surface area (Å²) in [5.41, 5.74) is 5.60. The molecule has 0 unspecified atom stereocenters. The zero-order valence-electron chi connectivity index (χ0n) is 22.1. The van der Waals surface area contributed by atoms with Crippen molar-refractivity contribution >= 4 is 0 Å². The molecule has 270 valence electrons. The highest BCUT2D eigenvalue weighted by Gasteiger charge is 2.95. The Morgan fingerprint density at radius 3 is 1.47 bits per heavy atom. The van der Waals surface area contributed by atoms with Gasteiger partial charge < -0.3 is 35.3 Å². The van der Waals surface area contributed by atoms with Crippen LogP contribution in [0.3, 0.4) is 0 Å². The predicted octanol–water partition coefficient (Wildman–Crippen LogP) is 4.36. The molecule has 0 aromatic carbocycles. The van der Waals surface area contributed by atoms with Crippen molar-refractivity contribution in [1.29, 1.82) is 0 Å². The molecule has 0 aromatic heterocycles. The predicted molar refractivity (Wildman–Crippen MR) is 112 cm³/mol. The first-order chi connectivity index (χ1) is 20.0. The van der Waals surface area contributed by atoms with Gasteiger partial charge in [0.15, 0.2) is 6.29 Å². The summed E-state index contributed by atoms with van der Waals surface area (Å²) in [6.45, 7) is -2.33. The largest absolute Gasteiger partial charge is 0.460 e. The molecule has 0 aromatic rings. The normalized spacial score (nSPS) is 25.1. The number of hydrogen-bond acceptors (Lipinski definition) is 7. The third-order valence-corrected chi connectivity index (χ3v) is 6.46. The summed E-state index contributed by atoms with van der Waals surface area (Å²) in [6.07, 6.45) is -17.4. The van der Waals surface area contributed by atoms with Crippen molar-refractivity contribution in [2.75, 3.05) is 26.4 Å². The Bertz CT molecular complexity index is 949. The molecule has 0 radical (unpaired) electrons. The quantitative estimate of drug-likeness (QED) is 0.131. The van der Waals surface area contributed by atoms with E-state index in [2.05, 4.69) is 0 Å². The topological polar surface area (TPSA) is 114 Å². The van der Waals surface area contributed by atoms with Crippen LogP contribution < -0.4 is 5.73 Å². The Morgan fingerprint density at radius 2 is 1.00 bits per heavy atom. The zero-order valence-corrected chi connectivity index (χ0v) is 22.1. The third kappa shape index (κ3) is 7.50. The van der Waals surface area contributed by atoms with Gasteiger partial charge in [-0.2, -0.15) is 74.6 Å². The van der Waals surface area contributed by atoms with Gasteiger partial charge in [0.25, 0.3) is 0 Å². The average Bonchev–Trinajstić information content (AvgIpc) is 2.90.